The zero-order chi connectivity index (χ0) is 9.56. The number of hydrogen-bond acceptors (Lipinski definition) is 4. The minimum absolute atomic E-state index is 0.165. The van der Waals surface area contributed by atoms with Gasteiger partial charge in [0.1, 0.15) is 6.04 Å². The van der Waals surface area contributed by atoms with E-state index in [-0.39, 0.29) is 5.75 Å². The number of methoxy groups -OCH3 is 1. The first-order valence-corrected chi connectivity index (χ1v) is 3.56. The molecule has 0 spiro atoms. The number of amides is 1. The highest BCUT2D eigenvalue weighted by atomic mass is 32.1. The summed E-state index contributed by atoms with van der Waals surface area (Å²) in [5.74, 6) is -0.899. The maximum Gasteiger partial charge on any atom is 0.329 e. The molecule has 0 aromatic rings. The van der Waals surface area contributed by atoms with Gasteiger partial charge in [0.15, 0.2) is 0 Å². The molecule has 0 radical (unpaired) electrons. The highest BCUT2D eigenvalue weighted by Gasteiger charge is 2.17. The number of rotatable bonds is 3. The average molecular weight is 178 g/mol. The standard InChI is InChI=1S/C6H11NO3S/c1-4(8)7-5(3-11)6(9)10-2/h5,11H,3H2,1-2H3,(H,7,8)/t5-/m0/s1/i1D. The fourth-order valence-electron chi connectivity index (χ4n) is 0.516. The Hall–Kier alpha value is -0.710. The second-order valence-corrected chi connectivity index (χ2v) is 2.19. The van der Waals surface area contributed by atoms with Crippen LogP contribution in [-0.2, 0) is 14.3 Å². The van der Waals surface area contributed by atoms with Gasteiger partial charge in [-0.1, -0.05) is 0 Å². The van der Waals surface area contributed by atoms with Crippen LogP contribution in [0, 0.1) is 0 Å². The molecule has 0 aliphatic carbocycles. The molecule has 1 amide bonds. The van der Waals surface area contributed by atoms with Crippen molar-refractivity contribution in [3.63, 3.8) is 0 Å². The van der Waals surface area contributed by atoms with Crippen molar-refractivity contribution in [1.29, 1.82) is 0 Å². The molecule has 0 saturated carbocycles. The molecule has 11 heavy (non-hydrogen) atoms. The molecular formula is C6H11NO3S. The van der Waals surface area contributed by atoms with Crippen LogP contribution in [-0.4, -0.2) is 30.8 Å². The molecule has 0 unspecified atom stereocenters. The Morgan fingerprint density at radius 3 is 2.82 bits per heavy atom. The lowest BCUT2D eigenvalue weighted by atomic mass is 10.3. The van der Waals surface area contributed by atoms with Gasteiger partial charge in [0.25, 0.3) is 0 Å². The number of thiol groups is 1. The van der Waals surface area contributed by atoms with E-state index in [4.69, 9.17) is 1.37 Å². The molecule has 0 aromatic carbocycles. The molecule has 0 aromatic heterocycles. The van der Waals surface area contributed by atoms with Crippen LogP contribution in [0.1, 0.15) is 8.27 Å². The normalized spacial score (nSPS) is 13.1. The minimum Gasteiger partial charge on any atom is -0.467 e. The van der Waals surface area contributed by atoms with Crippen LogP contribution in [0.25, 0.3) is 0 Å². The third-order valence-corrected chi connectivity index (χ3v) is 1.37. The molecule has 4 nitrogen and oxygen atoms in total. The highest BCUT2D eigenvalue weighted by Crippen LogP contribution is 1.90. The Kier molecular flexibility index (Phi) is 3.82. The topological polar surface area (TPSA) is 55.4 Å². The van der Waals surface area contributed by atoms with Gasteiger partial charge >= 0.3 is 5.97 Å². The van der Waals surface area contributed by atoms with Gasteiger partial charge < -0.3 is 10.1 Å². The Morgan fingerprint density at radius 1 is 1.82 bits per heavy atom. The second-order valence-electron chi connectivity index (χ2n) is 1.83. The van der Waals surface area contributed by atoms with Crippen LogP contribution in [0.5, 0.6) is 0 Å². The van der Waals surface area contributed by atoms with Gasteiger partial charge in [-0.25, -0.2) is 4.79 Å². The monoisotopic (exact) mass is 178 g/mol. The zero-order valence-electron chi connectivity index (χ0n) is 7.16. The van der Waals surface area contributed by atoms with Gasteiger partial charge in [-0.3, -0.25) is 4.79 Å². The van der Waals surface area contributed by atoms with Gasteiger partial charge in [0, 0.05) is 14.0 Å². The number of carbonyl (C=O) groups is 2. The lowest BCUT2D eigenvalue weighted by Crippen LogP contribution is -2.41. The van der Waals surface area contributed by atoms with E-state index in [9.17, 15) is 9.59 Å². The van der Waals surface area contributed by atoms with E-state index in [1.54, 1.807) is 0 Å². The van der Waals surface area contributed by atoms with Crippen molar-refractivity contribution in [2.24, 2.45) is 0 Å². The lowest BCUT2D eigenvalue weighted by Gasteiger charge is -2.11. The van der Waals surface area contributed by atoms with Gasteiger partial charge in [-0.05, 0) is 0 Å². The van der Waals surface area contributed by atoms with Crippen LogP contribution >= 0.6 is 12.6 Å². The summed E-state index contributed by atoms with van der Waals surface area (Å²) >= 11 is 3.85. The van der Waals surface area contributed by atoms with E-state index in [0.29, 0.717) is 0 Å². The second kappa shape index (κ2) is 5.01. The van der Waals surface area contributed by atoms with Crippen molar-refractivity contribution in [3.8, 4) is 0 Å². The Labute approximate surface area is 72.1 Å². The van der Waals surface area contributed by atoms with E-state index < -0.39 is 24.8 Å². The third kappa shape index (κ3) is 3.87. The SMILES string of the molecule is [2H]CC(=O)N[C@@H](CS)C(=O)OC. The van der Waals surface area contributed by atoms with Crippen LogP contribution in [0.15, 0.2) is 0 Å². The van der Waals surface area contributed by atoms with Crippen molar-refractivity contribution in [3.05, 3.63) is 0 Å². The highest BCUT2D eigenvalue weighted by molar-refractivity contribution is 7.80. The molecule has 0 aliphatic rings. The van der Waals surface area contributed by atoms with E-state index >= 15 is 0 Å². The van der Waals surface area contributed by atoms with E-state index in [1.165, 1.54) is 7.11 Å². The van der Waals surface area contributed by atoms with Gasteiger partial charge in [-0.2, -0.15) is 12.6 Å². The lowest BCUT2D eigenvalue weighted by molar-refractivity contribution is -0.144. The van der Waals surface area contributed by atoms with E-state index in [2.05, 4.69) is 22.7 Å². The van der Waals surface area contributed by atoms with Gasteiger partial charge in [0.2, 0.25) is 5.91 Å². The van der Waals surface area contributed by atoms with Crippen molar-refractivity contribution in [1.82, 2.24) is 5.32 Å². The summed E-state index contributed by atoms with van der Waals surface area (Å²) in [5.41, 5.74) is 0. The number of carbonyl (C=O) groups excluding carboxylic acids is 2. The molecule has 1 atom stereocenters. The molecule has 0 saturated heterocycles. The number of esters is 1. The number of ether oxygens (including phenoxy) is 1. The predicted octanol–water partition coefficient (Wildman–Crippen LogP) is -0.406. The fourth-order valence-corrected chi connectivity index (χ4v) is 0.756. The molecule has 0 heterocycles. The van der Waals surface area contributed by atoms with Crippen LogP contribution in [0.2, 0.25) is 0 Å². The molecule has 64 valence electrons. The average Bonchev–Trinajstić information content (AvgIpc) is 2.12. The zero-order valence-corrected chi connectivity index (χ0v) is 7.06. The van der Waals surface area contributed by atoms with Crippen molar-refractivity contribution in [2.45, 2.75) is 12.9 Å². The molecule has 0 rings (SSSR count). The van der Waals surface area contributed by atoms with Crippen molar-refractivity contribution in [2.75, 3.05) is 12.9 Å². The van der Waals surface area contributed by atoms with Crippen LogP contribution < -0.4 is 5.32 Å². The molecule has 1 N–H and O–H groups in total. The summed E-state index contributed by atoms with van der Waals surface area (Å²) in [4.78, 5) is 21.5. The smallest absolute Gasteiger partial charge is 0.329 e. The summed E-state index contributed by atoms with van der Waals surface area (Å²) in [7, 11) is 1.23. The summed E-state index contributed by atoms with van der Waals surface area (Å²) in [6, 6.07) is -0.754. The fraction of sp³-hybridized carbons (Fsp3) is 0.667. The largest absolute Gasteiger partial charge is 0.467 e. The molecular weight excluding hydrogens is 166 g/mol. The summed E-state index contributed by atoms with van der Waals surface area (Å²) in [6.07, 6.45) is 0. The van der Waals surface area contributed by atoms with Crippen molar-refractivity contribution < 1.29 is 15.7 Å². The van der Waals surface area contributed by atoms with Gasteiger partial charge in [0.05, 0.1) is 7.11 Å². The molecule has 0 aliphatic heterocycles. The number of hydrogen-bond donors (Lipinski definition) is 2. The molecule has 0 bridgehead atoms. The molecule has 5 heteroatoms. The van der Waals surface area contributed by atoms with Crippen LogP contribution in [0.4, 0.5) is 0 Å². The molecule has 0 fully saturated rings. The Balaban J connectivity index is 3.99. The third-order valence-electron chi connectivity index (χ3n) is 1.00. The van der Waals surface area contributed by atoms with Crippen molar-refractivity contribution >= 4 is 24.5 Å². The minimum atomic E-state index is -0.754. The van der Waals surface area contributed by atoms with Gasteiger partial charge in [-0.15, -0.1) is 0 Å². The Bertz CT molecular complexity index is 176. The summed E-state index contributed by atoms with van der Waals surface area (Å²) in [6.45, 7) is -0.402. The van der Waals surface area contributed by atoms with E-state index in [1.807, 2.05) is 0 Å². The maximum atomic E-state index is 10.8. The predicted molar refractivity (Wildman–Crippen MR) is 43.5 cm³/mol. The quantitative estimate of drug-likeness (QED) is 0.456. The number of nitrogens with one attached hydrogen (secondary N) is 1. The van der Waals surface area contributed by atoms with Crippen LogP contribution in [0.3, 0.4) is 0 Å². The Morgan fingerprint density at radius 2 is 2.45 bits per heavy atom. The first-order chi connectivity index (χ1) is 5.65. The first-order valence-electron chi connectivity index (χ1n) is 3.63. The summed E-state index contributed by atoms with van der Waals surface area (Å²) in [5, 5.41) is 2.29. The summed E-state index contributed by atoms with van der Waals surface area (Å²) < 4.78 is 11.1. The van der Waals surface area contributed by atoms with E-state index in [0.717, 1.165) is 0 Å². The first kappa shape index (κ1) is 8.39. The maximum absolute atomic E-state index is 10.8.